The van der Waals surface area contributed by atoms with Gasteiger partial charge in [0.2, 0.25) is 0 Å². The molecule has 2 aromatic carbocycles. The molecule has 1 nitrogen and oxygen atoms in total. The van der Waals surface area contributed by atoms with Gasteiger partial charge in [-0.15, -0.1) is 11.8 Å². The Hall–Kier alpha value is -1.51. The molecule has 18 heavy (non-hydrogen) atoms. The minimum Gasteiger partial charge on any atom is -0.320 e. The van der Waals surface area contributed by atoms with Crippen LogP contribution in [0.15, 0.2) is 47.4 Å². The van der Waals surface area contributed by atoms with Crippen molar-refractivity contribution in [3.05, 3.63) is 64.7 Å². The van der Waals surface area contributed by atoms with Crippen LogP contribution in [0.4, 0.5) is 0 Å². The Morgan fingerprint density at radius 3 is 2.50 bits per heavy atom. The maximum atomic E-state index is 6.40. The largest absolute Gasteiger partial charge is 0.320 e. The highest BCUT2D eigenvalue weighted by Crippen LogP contribution is 2.32. The summed E-state index contributed by atoms with van der Waals surface area (Å²) >= 11 is 1.76. The lowest BCUT2D eigenvalue weighted by Gasteiger charge is -2.15. The summed E-state index contributed by atoms with van der Waals surface area (Å²) in [6.07, 6.45) is 6.42. The molecule has 90 valence electrons. The van der Waals surface area contributed by atoms with Crippen molar-refractivity contribution in [2.75, 3.05) is 6.26 Å². The summed E-state index contributed by atoms with van der Waals surface area (Å²) in [6, 6.07) is 14.8. The second kappa shape index (κ2) is 4.63. The fraction of sp³-hybridized carbons (Fsp3) is 0.125. The van der Waals surface area contributed by atoms with E-state index >= 15 is 0 Å². The van der Waals surface area contributed by atoms with Crippen molar-refractivity contribution in [3.63, 3.8) is 0 Å². The lowest BCUT2D eigenvalue weighted by atomic mass is 9.95. The van der Waals surface area contributed by atoms with Crippen LogP contribution in [0.2, 0.25) is 0 Å². The van der Waals surface area contributed by atoms with Crippen molar-refractivity contribution < 1.29 is 0 Å². The van der Waals surface area contributed by atoms with Crippen molar-refractivity contribution in [1.82, 2.24) is 0 Å². The molecule has 0 bridgehead atoms. The summed E-state index contributed by atoms with van der Waals surface area (Å²) in [5, 5.41) is 0. The first-order valence-corrected chi connectivity index (χ1v) is 7.22. The van der Waals surface area contributed by atoms with Crippen LogP contribution in [-0.4, -0.2) is 6.26 Å². The molecule has 0 saturated heterocycles. The van der Waals surface area contributed by atoms with Crippen LogP contribution in [0.5, 0.6) is 0 Å². The number of benzene rings is 2. The quantitative estimate of drug-likeness (QED) is 0.779. The lowest BCUT2D eigenvalue weighted by molar-refractivity contribution is 0.867. The molecule has 3 rings (SSSR count). The van der Waals surface area contributed by atoms with E-state index in [1.54, 1.807) is 11.8 Å². The van der Waals surface area contributed by atoms with Crippen LogP contribution in [0.3, 0.4) is 0 Å². The van der Waals surface area contributed by atoms with E-state index in [1.165, 1.54) is 27.1 Å². The van der Waals surface area contributed by atoms with Gasteiger partial charge in [-0.05, 0) is 40.6 Å². The Balaban J connectivity index is 2.19. The summed E-state index contributed by atoms with van der Waals surface area (Å²) in [6.45, 7) is 0. The minimum atomic E-state index is -0.0397. The third-order valence-electron chi connectivity index (χ3n) is 3.40. The molecule has 0 aromatic heterocycles. The molecule has 0 radical (unpaired) electrons. The highest BCUT2D eigenvalue weighted by molar-refractivity contribution is 7.98. The Kier molecular flexibility index (Phi) is 2.98. The normalized spacial score (nSPS) is 16.9. The number of hydrogen-bond donors (Lipinski definition) is 1. The first kappa shape index (κ1) is 11.6. The second-order valence-electron chi connectivity index (χ2n) is 4.43. The first-order valence-electron chi connectivity index (χ1n) is 6.00. The monoisotopic (exact) mass is 253 g/mol. The molecule has 1 unspecified atom stereocenters. The average molecular weight is 253 g/mol. The van der Waals surface area contributed by atoms with Crippen molar-refractivity contribution in [3.8, 4) is 0 Å². The van der Waals surface area contributed by atoms with Gasteiger partial charge < -0.3 is 5.73 Å². The molecule has 2 heteroatoms. The number of fused-ring (bicyclic) bond motifs is 2. The third kappa shape index (κ3) is 1.88. The Labute approximate surface area is 112 Å². The zero-order valence-corrected chi connectivity index (χ0v) is 11.1. The maximum Gasteiger partial charge on any atom is 0.0563 e. The standard InChI is InChI=1S/C16H15NS/c1-18-13-8-9-15-12(10-13)7-6-11-4-2-3-5-14(11)16(15)17/h2-10,16H,17H2,1H3. The van der Waals surface area contributed by atoms with E-state index in [2.05, 4.69) is 54.8 Å². The van der Waals surface area contributed by atoms with E-state index in [1.807, 2.05) is 6.07 Å². The van der Waals surface area contributed by atoms with Crippen molar-refractivity contribution in [2.24, 2.45) is 5.73 Å². The van der Waals surface area contributed by atoms with E-state index in [9.17, 15) is 0 Å². The van der Waals surface area contributed by atoms with Gasteiger partial charge in [-0.2, -0.15) is 0 Å². The minimum absolute atomic E-state index is 0.0397. The van der Waals surface area contributed by atoms with Gasteiger partial charge in [0.1, 0.15) is 0 Å². The zero-order chi connectivity index (χ0) is 12.5. The van der Waals surface area contributed by atoms with Gasteiger partial charge in [0.15, 0.2) is 0 Å². The van der Waals surface area contributed by atoms with Crippen LogP contribution in [0.25, 0.3) is 12.2 Å². The van der Waals surface area contributed by atoms with Gasteiger partial charge in [-0.25, -0.2) is 0 Å². The predicted molar refractivity (Wildman–Crippen MR) is 79.6 cm³/mol. The van der Waals surface area contributed by atoms with E-state index in [0.717, 1.165) is 0 Å². The molecular formula is C16H15NS. The maximum absolute atomic E-state index is 6.40. The zero-order valence-electron chi connectivity index (χ0n) is 10.3. The molecule has 0 spiro atoms. The van der Waals surface area contributed by atoms with Crippen molar-refractivity contribution in [1.29, 1.82) is 0 Å². The van der Waals surface area contributed by atoms with Crippen LogP contribution in [0, 0.1) is 0 Å². The Morgan fingerprint density at radius 1 is 0.944 bits per heavy atom. The summed E-state index contributed by atoms with van der Waals surface area (Å²) in [7, 11) is 0. The summed E-state index contributed by atoms with van der Waals surface area (Å²) < 4.78 is 0. The van der Waals surface area contributed by atoms with Gasteiger partial charge in [0.05, 0.1) is 6.04 Å². The molecule has 1 aliphatic rings. The fourth-order valence-corrected chi connectivity index (χ4v) is 2.85. The first-order chi connectivity index (χ1) is 8.79. The van der Waals surface area contributed by atoms with Gasteiger partial charge in [0, 0.05) is 4.90 Å². The van der Waals surface area contributed by atoms with Gasteiger partial charge in [-0.3, -0.25) is 0 Å². The van der Waals surface area contributed by atoms with Crippen LogP contribution < -0.4 is 5.73 Å². The predicted octanol–water partition coefficient (Wildman–Crippen LogP) is 3.94. The molecule has 0 saturated carbocycles. The number of nitrogens with two attached hydrogens (primary N) is 1. The highest BCUT2D eigenvalue weighted by atomic mass is 32.2. The highest BCUT2D eigenvalue weighted by Gasteiger charge is 2.17. The van der Waals surface area contributed by atoms with Gasteiger partial charge in [0.25, 0.3) is 0 Å². The van der Waals surface area contributed by atoms with Crippen LogP contribution in [0.1, 0.15) is 28.3 Å². The summed E-state index contributed by atoms with van der Waals surface area (Å²) in [5.41, 5.74) is 11.2. The molecule has 1 aliphatic carbocycles. The summed E-state index contributed by atoms with van der Waals surface area (Å²) in [4.78, 5) is 1.27. The van der Waals surface area contributed by atoms with E-state index in [0.29, 0.717) is 0 Å². The third-order valence-corrected chi connectivity index (χ3v) is 4.13. The fourth-order valence-electron chi connectivity index (χ4n) is 2.40. The Morgan fingerprint density at radius 2 is 1.67 bits per heavy atom. The van der Waals surface area contributed by atoms with E-state index in [4.69, 9.17) is 5.73 Å². The van der Waals surface area contributed by atoms with Gasteiger partial charge >= 0.3 is 0 Å². The molecule has 0 fully saturated rings. The summed E-state index contributed by atoms with van der Waals surface area (Å²) in [5.74, 6) is 0. The molecule has 0 heterocycles. The number of rotatable bonds is 1. The molecular weight excluding hydrogens is 238 g/mol. The molecule has 2 aromatic rings. The molecule has 0 amide bonds. The lowest BCUT2D eigenvalue weighted by Crippen LogP contribution is -2.13. The van der Waals surface area contributed by atoms with E-state index < -0.39 is 0 Å². The van der Waals surface area contributed by atoms with Crippen LogP contribution in [-0.2, 0) is 0 Å². The molecule has 0 aliphatic heterocycles. The second-order valence-corrected chi connectivity index (χ2v) is 5.31. The SMILES string of the molecule is CSc1ccc2c(c1)C=Cc1ccccc1C2N. The van der Waals surface area contributed by atoms with Crippen molar-refractivity contribution in [2.45, 2.75) is 10.9 Å². The molecule has 2 N–H and O–H groups in total. The number of thioether (sulfide) groups is 1. The molecule has 1 atom stereocenters. The number of hydrogen-bond acceptors (Lipinski definition) is 2. The van der Waals surface area contributed by atoms with Gasteiger partial charge in [-0.1, -0.05) is 42.5 Å². The smallest absolute Gasteiger partial charge is 0.0563 e. The van der Waals surface area contributed by atoms with Crippen molar-refractivity contribution >= 4 is 23.9 Å². The van der Waals surface area contributed by atoms with Crippen LogP contribution >= 0.6 is 11.8 Å². The Bertz CT molecular complexity index is 616. The topological polar surface area (TPSA) is 26.0 Å². The van der Waals surface area contributed by atoms with E-state index in [-0.39, 0.29) is 6.04 Å². The average Bonchev–Trinajstić information content (AvgIpc) is 2.57.